The zero-order valence-electron chi connectivity index (χ0n) is 19.6. The van der Waals surface area contributed by atoms with Crippen molar-refractivity contribution < 1.29 is 35.9 Å². The average Bonchev–Trinajstić information content (AvgIpc) is 3.27. The van der Waals surface area contributed by atoms with Gasteiger partial charge in [0.25, 0.3) is 0 Å². The van der Waals surface area contributed by atoms with Gasteiger partial charge in [0.2, 0.25) is 10.0 Å². The van der Waals surface area contributed by atoms with Crippen molar-refractivity contribution >= 4 is 27.4 Å². The van der Waals surface area contributed by atoms with Gasteiger partial charge in [-0.05, 0) is 72.8 Å². The first kappa shape index (κ1) is 26.5. The molecule has 4 aromatic rings. The van der Waals surface area contributed by atoms with Gasteiger partial charge in [-0.25, -0.2) is 23.0 Å². The Kier molecular flexibility index (Phi) is 7.28. The summed E-state index contributed by atoms with van der Waals surface area (Å²) in [7, 11) is -2.38. The fourth-order valence-electron chi connectivity index (χ4n) is 3.46. The van der Waals surface area contributed by atoms with Crippen molar-refractivity contribution in [2.45, 2.75) is 11.3 Å². The monoisotopic (exact) mass is 547 g/mol. The Morgan fingerprint density at radius 2 is 1.53 bits per heavy atom. The predicted molar refractivity (Wildman–Crippen MR) is 133 cm³/mol. The van der Waals surface area contributed by atoms with Gasteiger partial charge in [0.05, 0.1) is 35.3 Å². The number of carbonyl (C=O) groups excluding carboxylic acids is 1. The molecule has 0 aliphatic heterocycles. The Hall–Kier alpha value is -4.56. The van der Waals surface area contributed by atoms with E-state index < -0.39 is 28.2 Å². The second kappa shape index (κ2) is 10.4. The quantitative estimate of drug-likeness (QED) is 0.306. The van der Waals surface area contributed by atoms with Crippen LogP contribution in [0.1, 0.15) is 0 Å². The summed E-state index contributed by atoms with van der Waals surface area (Å²) < 4.78 is 70.8. The average molecular weight is 548 g/mol. The first-order valence-electron chi connectivity index (χ1n) is 10.7. The summed E-state index contributed by atoms with van der Waals surface area (Å²) in [6.07, 6.45) is -3.43. The van der Waals surface area contributed by atoms with Crippen molar-refractivity contribution in [3.63, 3.8) is 0 Å². The van der Waals surface area contributed by atoms with Crippen molar-refractivity contribution in [3.05, 3.63) is 79.0 Å². The summed E-state index contributed by atoms with van der Waals surface area (Å²) in [6.45, 7) is 0. The van der Waals surface area contributed by atoms with Gasteiger partial charge in [-0.1, -0.05) is 0 Å². The number of alkyl halides is 3. The molecule has 0 atom stereocenters. The van der Waals surface area contributed by atoms with Gasteiger partial charge >= 0.3 is 12.4 Å². The number of anilines is 2. The van der Waals surface area contributed by atoms with E-state index in [1.807, 2.05) is 0 Å². The zero-order chi connectivity index (χ0) is 27.5. The number of rotatable bonds is 7. The second-order valence-electron chi connectivity index (χ2n) is 7.74. The number of hydrogen-bond acceptors (Lipinski definition) is 6. The van der Waals surface area contributed by atoms with Crippen molar-refractivity contribution in [1.82, 2.24) is 9.78 Å². The lowest BCUT2D eigenvalue weighted by Gasteiger charge is -2.13. The number of nitrogens with one attached hydrogen (secondary N) is 2. The fourth-order valence-corrected chi connectivity index (χ4v) is 3.98. The molecule has 10 nitrogen and oxygen atoms in total. The number of halogens is 3. The minimum Gasteiger partial charge on any atom is -0.497 e. The van der Waals surface area contributed by atoms with Crippen LogP contribution in [0.5, 0.6) is 11.5 Å². The van der Waals surface area contributed by atoms with Gasteiger partial charge in [0, 0.05) is 11.3 Å². The van der Waals surface area contributed by atoms with Gasteiger partial charge in [0.15, 0.2) is 0 Å². The molecule has 198 valence electrons. The molecule has 4 rings (SSSR count). The van der Waals surface area contributed by atoms with Crippen LogP contribution in [-0.2, 0) is 10.0 Å². The number of urea groups is 1. The molecule has 0 unspecified atom stereocenters. The number of aromatic nitrogens is 2. The van der Waals surface area contributed by atoms with Crippen LogP contribution in [0, 0.1) is 0 Å². The number of ether oxygens (including phenoxy) is 2. The molecule has 0 aliphatic carbocycles. The topological polar surface area (TPSA) is 138 Å². The van der Waals surface area contributed by atoms with Crippen molar-refractivity contribution in [2.75, 3.05) is 17.7 Å². The number of sulfonamides is 1. The van der Waals surface area contributed by atoms with Crippen molar-refractivity contribution in [2.24, 2.45) is 5.14 Å². The highest BCUT2D eigenvalue weighted by atomic mass is 32.2. The normalized spacial score (nSPS) is 11.6. The van der Waals surface area contributed by atoms with E-state index in [4.69, 9.17) is 9.88 Å². The van der Waals surface area contributed by atoms with Gasteiger partial charge in [-0.3, -0.25) is 0 Å². The van der Waals surface area contributed by atoms with E-state index in [0.717, 1.165) is 12.1 Å². The van der Waals surface area contributed by atoms with E-state index in [1.165, 1.54) is 54.4 Å². The third kappa shape index (κ3) is 6.41. The summed E-state index contributed by atoms with van der Waals surface area (Å²) >= 11 is 0. The maximum Gasteiger partial charge on any atom is 0.573 e. The van der Waals surface area contributed by atoms with Crippen LogP contribution in [0.4, 0.5) is 29.3 Å². The molecule has 0 bridgehead atoms. The summed E-state index contributed by atoms with van der Waals surface area (Å²) in [5, 5.41) is 14.7. The van der Waals surface area contributed by atoms with E-state index >= 15 is 0 Å². The van der Waals surface area contributed by atoms with Crippen molar-refractivity contribution in [3.8, 4) is 28.4 Å². The van der Waals surface area contributed by atoms with Crippen LogP contribution < -0.4 is 25.2 Å². The highest BCUT2D eigenvalue weighted by Crippen LogP contribution is 2.32. The number of carbonyl (C=O) groups is 1. The van der Waals surface area contributed by atoms with Gasteiger partial charge in [-0.15, -0.1) is 13.2 Å². The molecule has 38 heavy (non-hydrogen) atoms. The number of nitrogens with two attached hydrogens (primary N) is 1. The largest absolute Gasteiger partial charge is 0.573 e. The summed E-state index contributed by atoms with van der Waals surface area (Å²) in [4.78, 5) is 12.6. The number of methoxy groups -OCH3 is 1. The Morgan fingerprint density at radius 1 is 0.921 bits per heavy atom. The second-order valence-corrected chi connectivity index (χ2v) is 9.30. The molecule has 2 amide bonds. The number of hydrogen-bond donors (Lipinski definition) is 3. The maximum atomic E-state index is 12.7. The molecule has 0 spiro atoms. The summed E-state index contributed by atoms with van der Waals surface area (Å²) in [5.74, 6) is 0.169. The van der Waals surface area contributed by atoms with Crippen LogP contribution in [0.2, 0.25) is 0 Å². The lowest BCUT2D eigenvalue weighted by Crippen LogP contribution is -2.20. The van der Waals surface area contributed by atoms with E-state index in [9.17, 15) is 26.4 Å². The lowest BCUT2D eigenvalue weighted by atomic mass is 10.1. The van der Waals surface area contributed by atoms with Crippen LogP contribution >= 0.6 is 0 Å². The molecule has 0 aliphatic rings. The predicted octanol–water partition coefficient (Wildman–Crippen LogP) is 4.74. The number of benzene rings is 3. The molecule has 0 fully saturated rings. The van der Waals surface area contributed by atoms with Crippen LogP contribution in [0.3, 0.4) is 0 Å². The van der Waals surface area contributed by atoms with Crippen LogP contribution in [-0.4, -0.2) is 37.7 Å². The third-order valence-electron chi connectivity index (χ3n) is 5.14. The molecule has 0 saturated carbocycles. The van der Waals surface area contributed by atoms with E-state index in [0.29, 0.717) is 28.4 Å². The lowest BCUT2D eigenvalue weighted by molar-refractivity contribution is -0.274. The Bertz CT molecular complexity index is 1540. The number of amides is 2. The maximum absolute atomic E-state index is 12.7. The molecular formula is C24H20F3N5O5S. The van der Waals surface area contributed by atoms with Gasteiger partial charge < -0.3 is 20.1 Å². The minimum atomic E-state index is -4.83. The molecule has 4 N–H and O–H groups in total. The summed E-state index contributed by atoms with van der Waals surface area (Å²) in [6, 6.07) is 16.5. The minimum absolute atomic E-state index is 0.0798. The first-order chi connectivity index (χ1) is 17.9. The SMILES string of the molecule is COc1ccc(-c2c(NC(=O)Nc3ccc(OC(F)(F)F)cc3)cnn2-c2ccc(S(N)(=O)=O)cc2)cc1. The highest BCUT2D eigenvalue weighted by molar-refractivity contribution is 7.89. The number of nitrogens with zero attached hydrogens (tertiary/aromatic N) is 2. The molecule has 3 aromatic carbocycles. The van der Waals surface area contributed by atoms with Crippen molar-refractivity contribution in [1.29, 1.82) is 0 Å². The van der Waals surface area contributed by atoms with Crippen LogP contribution in [0.25, 0.3) is 16.9 Å². The first-order valence-corrected chi connectivity index (χ1v) is 12.3. The van der Waals surface area contributed by atoms with Gasteiger partial charge in [0.1, 0.15) is 11.5 Å². The summed E-state index contributed by atoms with van der Waals surface area (Å²) in [5.41, 5.74) is 2.09. The van der Waals surface area contributed by atoms with Gasteiger partial charge in [-0.2, -0.15) is 5.10 Å². The van der Waals surface area contributed by atoms with E-state index in [2.05, 4.69) is 20.5 Å². The Balaban J connectivity index is 1.62. The number of primary sulfonamides is 1. The fraction of sp³-hybridized carbons (Fsp3) is 0.0833. The molecule has 0 saturated heterocycles. The smallest absolute Gasteiger partial charge is 0.497 e. The van der Waals surface area contributed by atoms with E-state index in [-0.39, 0.29) is 10.6 Å². The standard InChI is InChI=1S/C24H20F3N5O5S/c1-36-18-8-2-15(3-9-18)22-21(14-29-32(22)17-6-12-20(13-7-17)38(28,34)35)31-23(33)30-16-4-10-19(11-5-16)37-24(25,26)27/h2-14H,1H3,(H2,28,34,35)(H2,30,31,33). The molecule has 1 aromatic heterocycles. The third-order valence-corrected chi connectivity index (χ3v) is 6.07. The molecule has 14 heteroatoms. The zero-order valence-corrected chi connectivity index (χ0v) is 20.4. The van der Waals surface area contributed by atoms with Crippen LogP contribution in [0.15, 0.2) is 83.9 Å². The molecule has 1 heterocycles. The highest BCUT2D eigenvalue weighted by Gasteiger charge is 2.31. The Labute approximate surface area is 214 Å². The van der Waals surface area contributed by atoms with E-state index in [1.54, 1.807) is 24.3 Å². The molecular weight excluding hydrogens is 527 g/mol. The molecule has 0 radical (unpaired) electrons. The Morgan fingerprint density at radius 3 is 2.08 bits per heavy atom.